The number of ether oxygens (including phenoxy) is 2. The molecule has 1 aliphatic heterocycles. The fraction of sp³-hybridized carbons (Fsp3) is 0.211. The molecule has 0 aliphatic carbocycles. The Labute approximate surface area is 173 Å². The Kier molecular flexibility index (Phi) is 5.20. The molecule has 2 heterocycles. The number of benzene rings is 2. The maximum atomic E-state index is 12.8. The third-order valence-electron chi connectivity index (χ3n) is 4.29. The highest BCUT2D eigenvalue weighted by Gasteiger charge is 2.50. The number of rotatable bonds is 6. The molecule has 0 saturated carbocycles. The van der Waals surface area contributed by atoms with Crippen molar-refractivity contribution in [3.63, 3.8) is 0 Å². The molecule has 148 valence electrons. The minimum atomic E-state index is -1.48. The number of nitro groups is 1. The van der Waals surface area contributed by atoms with Gasteiger partial charge in [-0.3, -0.25) is 14.9 Å². The summed E-state index contributed by atoms with van der Waals surface area (Å²) in [5.74, 6) is -1.14. The van der Waals surface area contributed by atoms with Crippen molar-refractivity contribution in [2.75, 3.05) is 0 Å². The number of nitrogens with zero attached hydrogens (tertiary/aromatic N) is 2. The van der Waals surface area contributed by atoms with Crippen LogP contribution in [-0.2, 0) is 25.7 Å². The number of carbonyl (C=O) groups is 2. The number of esters is 2. The SMILES string of the molecule is O=C1CCC(Sc2nc3ccccc3s2)(C(=O)OCc2ccc([N+](=O)[O-])cc2)O1. The van der Waals surface area contributed by atoms with Crippen molar-refractivity contribution >= 4 is 50.9 Å². The normalized spacial score (nSPS) is 18.6. The number of hydrogen-bond acceptors (Lipinski definition) is 9. The fourth-order valence-electron chi connectivity index (χ4n) is 2.82. The van der Waals surface area contributed by atoms with Gasteiger partial charge in [-0.15, -0.1) is 11.3 Å². The average molecular weight is 430 g/mol. The van der Waals surface area contributed by atoms with E-state index < -0.39 is 21.8 Å². The maximum Gasteiger partial charge on any atom is 0.362 e. The zero-order valence-corrected chi connectivity index (χ0v) is 16.5. The third kappa shape index (κ3) is 4.08. The van der Waals surface area contributed by atoms with Gasteiger partial charge in [0.2, 0.25) is 0 Å². The second-order valence-corrected chi connectivity index (χ2v) is 8.82. The van der Waals surface area contributed by atoms with E-state index in [2.05, 4.69) is 4.98 Å². The number of hydrogen-bond donors (Lipinski definition) is 0. The summed E-state index contributed by atoms with van der Waals surface area (Å²) in [6.45, 7) is -0.0868. The zero-order chi connectivity index (χ0) is 20.4. The summed E-state index contributed by atoms with van der Waals surface area (Å²) < 4.78 is 12.3. The molecular weight excluding hydrogens is 416 g/mol. The van der Waals surface area contributed by atoms with Crippen LogP contribution in [0.5, 0.6) is 0 Å². The summed E-state index contributed by atoms with van der Waals surface area (Å²) in [6, 6.07) is 13.3. The molecule has 1 aliphatic rings. The minimum absolute atomic E-state index is 0.0485. The summed E-state index contributed by atoms with van der Waals surface area (Å²) in [5.41, 5.74) is 1.35. The van der Waals surface area contributed by atoms with E-state index in [4.69, 9.17) is 9.47 Å². The van der Waals surface area contributed by atoms with E-state index in [1.807, 2.05) is 24.3 Å². The van der Waals surface area contributed by atoms with Crippen molar-refractivity contribution in [1.82, 2.24) is 4.98 Å². The minimum Gasteiger partial charge on any atom is -0.457 e. The van der Waals surface area contributed by atoms with Gasteiger partial charge in [0.15, 0.2) is 4.34 Å². The molecule has 1 unspecified atom stereocenters. The number of fused-ring (bicyclic) bond motifs is 1. The van der Waals surface area contributed by atoms with Crippen molar-refractivity contribution in [2.24, 2.45) is 0 Å². The average Bonchev–Trinajstić information content (AvgIpc) is 3.29. The molecule has 8 nitrogen and oxygen atoms in total. The Bertz CT molecular complexity index is 1060. The predicted molar refractivity (Wildman–Crippen MR) is 106 cm³/mol. The fourth-order valence-corrected chi connectivity index (χ4v) is 5.26. The lowest BCUT2D eigenvalue weighted by molar-refractivity contribution is -0.384. The molecule has 4 rings (SSSR count). The van der Waals surface area contributed by atoms with Gasteiger partial charge in [-0.25, -0.2) is 9.78 Å². The number of nitro benzene ring substituents is 1. The van der Waals surface area contributed by atoms with E-state index in [0.29, 0.717) is 9.90 Å². The molecule has 29 heavy (non-hydrogen) atoms. The second kappa shape index (κ2) is 7.80. The van der Waals surface area contributed by atoms with Gasteiger partial charge >= 0.3 is 11.9 Å². The van der Waals surface area contributed by atoms with E-state index in [9.17, 15) is 19.7 Å². The molecule has 0 radical (unpaired) electrons. The van der Waals surface area contributed by atoms with Crippen LogP contribution in [-0.4, -0.2) is 26.8 Å². The molecule has 3 aromatic rings. The molecule has 1 fully saturated rings. The van der Waals surface area contributed by atoms with E-state index in [1.54, 1.807) is 0 Å². The Morgan fingerprint density at radius 1 is 1.28 bits per heavy atom. The molecule has 10 heteroatoms. The van der Waals surface area contributed by atoms with Crippen LogP contribution in [0.15, 0.2) is 52.9 Å². The molecule has 1 aromatic heterocycles. The molecule has 1 atom stereocenters. The zero-order valence-electron chi connectivity index (χ0n) is 14.9. The van der Waals surface area contributed by atoms with Gasteiger partial charge in [0.1, 0.15) is 6.61 Å². The number of cyclic esters (lactones) is 1. The first kappa shape index (κ1) is 19.3. The largest absolute Gasteiger partial charge is 0.457 e. The lowest BCUT2D eigenvalue weighted by atomic mass is 10.2. The number of non-ortho nitro benzene ring substituents is 1. The summed E-state index contributed by atoms with van der Waals surface area (Å²) in [7, 11) is 0. The Hall–Kier alpha value is -2.98. The number of para-hydroxylation sites is 1. The summed E-state index contributed by atoms with van der Waals surface area (Å²) in [6.07, 6.45) is 0.302. The first-order chi connectivity index (χ1) is 13.9. The third-order valence-corrected chi connectivity index (χ3v) is 6.67. The second-order valence-electron chi connectivity index (χ2n) is 6.28. The lowest BCUT2D eigenvalue weighted by Crippen LogP contribution is -2.36. The molecule has 0 amide bonds. The van der Waals surface area contributed by atoms with Crippen LogP contribution in [0, 0.1) is 10.1 Å². The molecule has 0 spiro atoms. The van der Waals surface area contributed by atoms with Gasteiger partial charge in [0.05, 0.1) is 21.6 Å². The summed E-state index contributed by atoms with van der Waals surface area (Å²) in [5, 5.41) is 10.7. The van der Waals surface area contributed by atoms with Crippen LogP contribution in [0.2, 0.25) is 0 Å². The first-order valence-electron chi connectivity index (χ1n) is 8.62. The van der Waals surface area contributed by atoms with Gasteiger partial charge < -0.3 is 9.47 Å². The molecule has 0 bridgehead atoms. The maximum absolute atomic E-state index is 12.8. The molecule has 2 aromatic carbocycles. The lowest BCUT2D eigenvalue weighted by Gasteiger charge is -2.23. The highest BCUT2D eigenvalue weighted by atomic mass is 32.2. The van der Waals surface area contributed by atoms with Crippen LogP contribution in [0.25, 0.3) is 10.2 Å². The van der Waals surface area contributed by atoms with Crippen LogP contribution >= 0.6 is 23.1 Å². The first-order valence-corrected chi connectivity index (χ1v) is 10.3. The number of thioether (sulfide) groups is 1. The van der Waals surface area contributed by atoms with Crippen molar-refractivity contribution in [2.45, 2.75) is 28.7 Å². The van der Waals surface area contributed by atoms with Gasteiger partial charge in [-0.05, 0) is 41.6 Å². The van der Waals surface area contributed by atoms with Gasteiger partial charge in [0.25, 0.3) is 10.6 Å². The summed E-state index contributed by atoms with van der Waals surface area (Å²) >= 11 is 2.49. The van der Waals surface area contributed by atoms with Crippen molar-refractivity contribution in [1.29, 1.82) is 0 Å². The van der Waals surface area contributed by atoms with E-state index in [1.165, 1.54) is 35.6 Å². The Morgan fingerprint density at radius 2 is 2.03 bits per heavy atom. The van der Waals surface area contributed by atoms with Gasteiger partial charge in [0, 0.05) is 18.6 Å². The highest BCUT2D eigenvalue weighted by Crippen LogP contribution is 2.45. The van der Waals surface area contributed by atoms with Gasteiger partial charge in [-0.1, -0.05) is 12.1 Å². The predicted octanol–water partition coefficient (Wildman–Crippen LogP) is 4.07. The monoisotopic (exact) mass is 430 g/mol. The van der Waals surface area contributed by atoms with Crippen molar-refractivity contribution < 1.29 is 24.0 Å². The van der Waals surface area contributed by atoms with Crippen LogP contribution < -0.4 is 0 Å². The van der Waals surface area contributed by atoms with E-state index >= 15 is 0 Å². The molecule has 1 saturated heterocycles. The topological polar surface area (TPSA) is 109 Å². The Morgan fingerprint density at radius 3 is 2.69 bits per heavy atom. The van der Waals surface area contributed by atoms with Crippen molar-refractivity contribution in [3.05, 3.63) is 64.2 Å². The van der Waals surface area contributed by atoms with Crippen LogP contribution in [0.3, 0.4) is 0 Å². The molecule has 0 N–H and O–H groups in total. The van der Waals surface area contributed by atoms with Gasteiger partial charge in [-0.2, -0.15) is 0 Å². The van der Waals surface area contributed by atoms with Crippen LogP contribution in [0.4, 0.5) is 5.69 Å². The highest BCUT2D eigenvalue weighted by molar-refractivity contribution is 8.03. The van der Waals surface area contributed by atoms with Crippen molar-refractivity contribution in [3.8, 4) is 0 Å². The summed E-state index contributed by atoms with van der Waals surface area (Å²) in [4.78, 5) is 37.8. The Balaban J connectivity index is 1.50. The standard InChI is InChI=1S/C19H14N2O6S2/c22-16-9-10-19(27-16,29-18-20-14-3-1-2-4-15(14)28-18)17(23)26-11-12-5-7-13(8-6-12)21(24)25/h1-8H,9-11H2. The van der Waals surface area contributed by atoms with E-state index in [0.717, 1.165) is 22.0 Å². The molecular formula is C19H14N2O6S2. The smallest absolute Gasteiger partial charge is 0.362 e. The van der Waals surface area contributed by atoms with Crippen LogP contribution in [0.1, 0.15) is 18.4 Å². The van der Waals surface area contributed by atoms with E-state index in [-0.39, 0.29) is 25.1 Å². The quantitative estimate of drug-likeness (QED) is 0.327. The number of carbonyl (C=O) groups excluding carboxylic acids is 2. The number of aromatic nitrogens is 1. The number of thiazole rings is 1.